The Hall–Kier alpha value is -4.33. The molecule has 7 nitrogen and oxygen atoms in total. The molecular weight excluding hydrogens is 421 g/mol. The summed E-state index contributed by atoms with van der Waals surface area (Å²) in [5.41, 5.74) is 4.09. The van der Waals surface area contributed by atoms with E-state index in [1.165, 1.54) is 12.1 Å². The van der Waals surface area contributed by atoms with Crippen LogP contribution in [0, 0.1) is 12.7 Å². The summed E-state index contributed by atoms with van der Waals surface area (Å²) in [6, 6.07) is 21.4. The minimum absolute atomic E-state index is 0.0145. The van der Waals surface area contributed by atoms with Crippen LogP contribution in [0.25, 0.3) is 33.9 Å². The van der Waals surface area contributed by atoms with Crippen molar-refractivity contribution in [3.05, 3.63) is 89.7 Å². The fourth-order valence-corrected chi connectivity index (χ4v) is 3.54. The molecule has 8 heteroatoms. The van der Waals surface area contributed by atoms with Gasteiger partial charge in [-0.15, -0.1) is 0 Å². The van der Waals surface area contributed by atoms with Gasteiger partial charge in [0.1, 0.15) is 12.4 Å². The molecule has 3 aromatic carbocycles. The molecule has 164 valence electrons. The lowest BCUT2D eigenvalue weighted by molar-refractivity contribution is -0.121. The molecule has 0 fully saturated rings. The Bertz CT molecular complexity index is 1420. The summed E-state index contributed by atoms with van der Waals surface area (Å²) in [4.78, 5) is 17.1. The lowest BCUT2D eigenvalue weighted by atomic mass is 10.1. The van der Waals surface area contributed by atoms with Gasteiger partial charge in [-0.1, -0.05) is 65.3 Å². The van der Waals surface area contributed by atoms with Gasteiger partial charge in [-0.3, -0.25) is 9.48 Å². The Morgan fingerprint density at radius 2 is 1.79 bits per heavy atom. The molecule has 2 heterocycles. The highest BCUT2D eigenvalue weighted by Crippen LogP contribution is 2.28. The molecule has 0 saturated carbocycles. The van der Waals surface area contributed by atoms with Crippen LogP contribution in [0.1, 0.15) is 11.1 Å². The van der Waals surface area contributed by atoms with Crippen LogP contribution >= 0.6 is 0 Å². The summed E-state index contributed by atoms with van der Waals surface area (Å²) in [6.07, 6.45) is 0. The Labute approximate surface area is 188 Å². The number of aryl methyl sites for hydroxylation is 1. The number of hydrogen-bond donors (Lipinski definition) is 1. The number of aromatic nitrogens is 4. The molecule has 0 radical (unpaired) electrons. The second-order valence-electron chi connectivity index (χ2n) is 7.72. The fourth-order valence-electron chi connectivity index (χ4n) is 3.54. The van der Waals surface area contributed by atoms with E-state index in [0.29, 0.717) is 18.1 Å². The number of nitrogens with zero attached hydrogens (tertiary/aromatic N) is 4. The molecule has 0 bridgehead atoms. The standard InChI is InChI=1S/C25H20FN5O2/c1-16-6-10-18(11-7-16)24-28-25(33-30-24)23-20-4-2-3-5-21(20)31(29-23)15-22(32)27-14-17-8-12-19(26)13-9-17/h2-13H,14-15H2,1H3,(H,27,32). The lowest BCUT2D eigenvalue weighted by Crippen LogP contribution is -2.27. The first kappa shape index (κ1) is 20.6. The van der Waals surface area contributed by atoms with Crippen LogP contribution in [0.5, 0.6) is 0 Å². The van der Waals surface area contributed by atoms with Crippen molar-refractivity contribution in [1.29, 1.82) is 0 Å². The van der Waals surface area contributed by atoms with Gasteiger partial charge < -0.3 is 9.84 Å². The molecule has 1 amide bonds. The Morgan fingerprint density at radius 1 is 1.03 bits per heavy atom. The van der Waals surface area contributed by atoms with Gasteiger partial charge in [0, 0.05) is 17.5 Å². The number of rotatable bonds is 6. The van der Waals surface area contributed by atoms with Gasteiger partial charge in [0.05, 0.1) is 5.52 Å². The Kier molecular flexibility index (Phi) is 5.40. The number of carbonyl (C=O) groups excluding carboxylic acids is 1. The third-order valence-electron chi connectivity index (χ3n) is 5.29. The largest absolute Gasteiger partial charge is 0.350 e. The van der Waals surface area contributed by atoms with Gasteiger partial charge >= 0.3 is 0 Å². The average Bonchev–Trinajstić information content (AvgIpc) is 3.45. The van der Waals surface area contributed by atoms with Crippen LogP contribution < -0.4 is 5.32 Å². The Balaban J connectivity index is 1.38. The van der Waals surface area contributed by atoms with Crippen molar-refractivity contribution in [2.45, 2.75) is 20.0 Å². The number of amides is 1. The highest BCUT2D eigenvalue weighted by molar-refractivity contribution is 5.92. The highest BCUT2D eigenvalue weighted by Gasteiger charge is 2.19. The minimum Gasteiger partial charge on any atom is -0.350 e. The normalized spacial score (nSPS) is 11.1. The fraction of sp³-hybridized carbons (Fsp3) is 0.120. The van der Waals surface area contributed by atoms with E-state index in [1.54, 1.807) is 16.8 Å². The van der Waals surface area contributed by atoms with E-state index < -0.39 is 0 Å². The van der Waals surface area contributed by atoms with Gasteiger partial charge in [-0.25, -0.2) is 4.39 Å². The van der Waals surface area contributed by atoms with E-state index in [9.17, 15) is 9.18 Å². The van der Waals surface area contributed by atoms with Crippen molar-refractivity contribution in [3.63, 3.8) is 0 Å². The quantitative estimate of drug-likeness (QED) is 0.419. The number of hydrogen-bond acceptors (Lipinski definition) is 5. The van der Waals surface area contributed by atoms with Crippen molar-refractivity contribution >= 4 is 16.8 Å². The van der Waals surface area contributed by atoms with Crippen molar-refractivity contribution in [3.8, 4) is 23.0 Å². The third-order valence-corrected chi connectivity index (χ3v) is 5.29. The van der Waals surface area contributed by atoms with E-state index in [4.69, 9.17) is 4.52 Å². The molecular formula is C25H20FN5O2. The molecule has 5 aromatic rings. The predicted molar refractivity (Wildman–Crippen MR) is 121 cm³/mol. The van der Waals surface area contributed by atoms with E-state index in [-0.39, 0.29) is 24.2 Å². The second-order valence-corrected chi connectivity index (χ2v) is 7.72. The molecule has 5 rings (SSSR count). The van der Waals surface area contributed by atoms with Crippen LogP contribution in [-0.2, 0) is 17.9 Å². The first-order valence-electron chi connectivity index (χ1n) is 10.4. The highest BCUT2D eigenvalue weighted by atomic mass is 19.1. The maximum atomic E-state index is 13.1. The monoisotopic (exact) mass is 441 g/mol. The van der Waals surface area contributed by atoms with Gasteiger partial charge in [0.15, 0.2) is 5.69 Å². The molecule has 0 aliphatic rings. The number of para-hydroxylation sites is 1. The van der Waals surface area contributed by atoms with Gasteiger partial charge in [-0.05, 0) is 30.7 Å². The second kappa shape index (κ2) is 8.66. The van der Waals surface area contributed by atoms with Crippen LogP contribution in [0.4, 0.5) is 4.39 Å². The van der Waals surface area contributed by atoms with Gasteiger partial charge in [0.25, 0.3) is 5.89 Å². The maximum absolute atomic E-state index is 13.1. The summed E-state index contributed by atoms with van der Waals surface area (Å²) >= 11 is 0. The SMILES string of the molecule is Cc1ccc(-c2noc(-c3nn(CC(=O)NCc4ccc(F)cc4)c4ccccc34)n2)cc1. The summed E-state index contributed by atoms with van der Waals surface area (Å²) in [5, 5.41) is 12.3. The molecule has 1 N–H and O–H groups in total. The van der Waals surface area contributed by atoms with E-state index in [2.05, 4.69) is 20.6 Å². The maximum Gasteiger partial charge on any atom is 0.279 e. The zero-order chi connectivity index (χ0) is 22.8. The minimum atomic E-state index is -0.313. The van der Waals surface area contributed by atoms with Gasteiger partial charge in [0.2, 0.25) is 11.7 Å². The van der Waals surface area contributed by atoms with Gasteiger partial charge in [-0.2, -0.15) is 10.1 Å². The summed E-state index contributed by atoms with van der Waals surface area (Å²) in [5.74, 6) is 0.227. The molecule has 0 atom stereocenters. The lowest BCUT2D eigenvalue weighted by Gasteiger charge is -2.06. The van der Waals surface area contributed by atoms with Crippen molar-refractivity contribution < 1.29 is 13.7 Å². The molecule has 0 saturated heterocycles. The van der Waals surface area contributed by atoms with Crippen molar-refractivity contribution in [2.24, 2.45) is 0 Å². The van der Waals surface area contributed by atoms with E-state index >= 15 is 0 Å². The molecule has 33 heavy (non-hydrogen) atoms. The number of benzene rings is 3. The van der Waals surface area contributed by atoms with Crippen molar-refractivity contribution in [1.82, 2.24) is 25.2 Å². The third kappa shape index (κ3) is 4.36. The molecule has 0 spiro atoms. The Morgan fingerprint density at radius 3 is 2.58 bits per heavy atom. The molecule has 0 unspecified atom stereocenters. The molecule has 0 aliphatic carbocycles. The van der Waals surface area contributed by atoms with Crippen LogP contribution in [0.15, 0.2) is 77.3 Å². The smallest absolute Gasteiger partial charge is 0.279 e. The zero-order valence-corrected chi connectivity index (χ0v) is 17.8. The van der Waals surface area contributed by atoms with Crippen LogP contribution in [0.3, 0.4) is 0 Å². The van der Waals surface area contributed by atoms with E-state index in [1.807, 2.05) is 55.5 Å². The molecule has 0 aliphatic heterocycles. The van der Waals surface area contributed by atoms with Crippen LogP contribution in [-0.4, -0.2) is 25.8 Å². The summed E-state index contributed by atoms with van der Waals surface area (Å²) in [7, 11) is 0. The molecule has 2 aromatic heterocycles. The number of nitrogens with one attached hydrogen (secondary N) is 1. The zero-order valence-electron chi connectivity index (χ0n) is 17.8. The first-order valence-corrected chi connectivity index (χ1v) is 10.4. The summed E-state index contributed by atoms with van der Waals surface area (Å²) in [6.45, 7) is 2.33. The average molecular weight is 441 g/mol. The number of fused-ring (bicyclic) bond motifs is 1. The predicted octanol–water partition coefficient (Wildman–Crippen LogP) is 4.52. The summed E-state index contributed by atoms with van der Waals surface area (Å²) < 4.78 is 20.2. The van der Waals surface area contributed by atoms with Crippen LogP contribution in [0.2, 0.25) is 0 Å². The first-order chi connectivity index (χ1) is 16.1. The topological polar surface area (TPSA) is 85.8 Å². The number of halogens is 1. The van der Waals surface area contributed by atoms with E-state index in [0.717, 1.165) is 27.6 Å². The van der Waals surface area contributed by atoms with Crippen molar-refractivity contribution in [2.75, 3.05) is 0 Å². The number of carbonyl (C=O) groups is 1.